The van der Waals surface area contributed by atoms with Crippen molar-refractivity contribution in [3.05, 3.63) is 108 Å². The first-order valence-electron chi connectivity index (χ1n) is 18.4. The Hall–Kier alpha value is -3.38. The lowest BCUT2D eigenvalue weighted by molar-refractivity contribution is 0.332. The molecule has 6 rings (SSSR count). The van der Waals surface area contributed by atoms with Gasteiger partial charge in [-0.15, -0.1) is 0 Å². The van der Waals surface area contributed by atoms with E-state index in [1.54, 1.807) is 12.1 Å². The standard InChI is InChI=1S/C34H32/c1-33(2)18-19-34(3,4)31-22-29(28(21-30(31)33)23-12-6-5-7-13-23)32-26-16-10-8-14-24(26)20-25-15-9-11-17-27(25)32/h5-17,20-22H,18-19H2,1-4H3/i5D,6D,7D,8D,9D,10D,11D,12D,13D,14D,15D,16D,17D,20D. The zero-order valence-electron chi connectivity index (χ0n) is 33.6. The molecule has 0 aliphatic heterocycles. The van der Waals surface area contributed by atoms with Crippen molar-refractivity contribution in [2.45, 2.75) is 51.4 Å². The third-order valence-corrected chi connectivity index (χ3v) is 7.15. The first-order chi connectivity index (χ1) is 22.2. The van der Waals surface area contributed by atoms with Gasteiger partial charge in [-0.1, -0.05) is 106 Å². The van der Waals surface area contributed by atoms with Crippen LogP contribution in [0, 0.1) is 0 Å². The van der Waals surface area contributed by atoms with Gasteiger partial charge in [-0.25, -0.2) is 0 Å². The van der Waals surface area contributed by atoms with Crippen molar-refractivity contribution in [3.63, 3.8) is 0 Å². The lowest BCUT2D eigenvalue weighted by Gasteiger charge is -2.42. The van der Waals surface area contributed by atoms with Gasteiger partial charge in [-0.2, -0.15) is 0 Å². The Morgan fingerprint density at radius 2 is 1.06 bits per heavy atom. The van der Waals surface area contributed by atoms with E-state index in [4.69, 9.17) is 19.2 Å². The molecule has 1 aliphatic carbocycles. The smallest absolute Gasteiger partial charge is 0.0622 e. The van der Waals surface area contributed by atoms with Crippen LogP contribution < -0.4 is 0 Å². The maximum Gasteiger partial charge on any atom is 0.0636 e. The Morgan fingerprint density at radius 3 is 1.62 bits per heavy atom. The quantitative estimate of drug-likeness (QED) is 0.233. The van der Waals surface area contributed by atoms with Gasteiger partial charge in [0.1, 0.15) is 0 Å². The molecule has 0 aromatic heterocycles. The summed E-state index contributed by atoms with van der Waals surface area (Å²) in [5.41, 5.74) is 1.00. The molecule has 0 amide bonds. The van der Waals surface area contributed by atoms with Crippen LogP contribution in [0.15, 0.2) is 96.7 Å². The summed E-state index contributed by atoms with van der Waals surface area (Å²) < 4.78 is 122. The molecule has 0 N–H and O–H groups in total. The second-order valence-corrected chi connectivity index (χ2v) is 10.2. The van der Waals surface area contributed by atoms with E-state index in [0.29, 0.717) is 0 Å². The fraction of sp³-hybridized carbons (Fsp3) is 0.235. The fourth-order valence-electron chi connectivity index (χ4n) is 5.12. The number of hydrogen-bond acceptors (Lipinski definition) is 0. The summed E-state index contributed by atoms with van der Waals surface area (Å²) in [5.74, 6) is 0. The molecule has 0 fully saturated rings. The average molecular weight is 455 g/mol. The van der Waals surface area contributed by atoms with E-state index in [1.165, 1.54) is 0 Å². The highest BCUT2D eigenvalue weighted by Gasteiger charge is 2.38. The molecule has 0 spiro atoms. The largest absolute Gasteiger partial charge is 0.0636 e. The van der Waals surface area contributed by atoms with E-state index in [0.717, 1.165) is 24.0 Å². The Morgan fingerprint density at radius 1 is 0.588 bits per heavy atom. The lowest BCUT2D eigenvalue weighted by atomic mass is 9.62. The summed E-state index contributed by atoms with van der Waals surface area (Å²) in [6.07, 6.45) is 1.56. The Bertz CT molecular complexity index is 2170. The lowest BCUT2D eigenvalue weighted by Crippen LogP contribution is -2.34. The Labute approximate surface area is 222 Å². The van der Waals surface area contributed by atoms with E-state index in [9.17, 15) is 0 Å². The molecule has 0 saturated heterocycles. The zero-order chi connectivity index (χ0) is 35.7. The second-order valence-electron chi connectivity index (χ2n) is 10.2. The molecule has 5 aromatic carbocycles. The molecule has 0 heteroatoms. The third-order valence-electron chi connectivity index (χ3n) is 7.15. The van der Waals surface area contributed by atoms with Crippen LogP contribution in [0.25, 0.3) is 43.8 Å². The van der Waals surface area contributed by atoms with E-state index < -0.39 is 95.4 Å². The molecule has 5 aromatic rings. The van der Waals surface area contributed by atoms with Gasteiger partial charge >= 0.3 is 0 Å². The molecule has 1 aliphatic rings. The summed E-state index contributed by atoms with van der Waals surface area (Å²) in [5, 5.41) is -0.828. The molecule has 0 heterocycles. The Kier molecular flexibility index (Phi) is 2.43. The van der Waals surface area contributed by atoms with Crippen molar-refractivity contribution in [2.75, 3.05) is 0 Å². The van der Waals surface area contributed by atoms with Crippen molar-refractivity contribution in [3.8, 4) is 22.3 Å². The summed E-state index contributed by atoms with van der Waals surface area (Å²) in [6.45, 7) is 8.21. The number of hydrogen-bond donors (Lipinski definition) is 0. The van der Waals surface area contributed by atoms with E-state index in [-0.39, 0.29) is 43.8 Å². The van der Waals surface area contributed by atoms with Crippen molar-refractivity contribution in [2.24, 2.45) is 0 Å². The predicted molar refractivity (Wildman–Crippen MR) is 148 cm³/mol. The van der Waals surface area contributed by atoms with Gasteiger partial charge in [0, 0.05) is 0 Å². The van der Waals surface area contributed by atoms with Crippen LogP contribution in [0.4, 0.5) is 0 Å². The highest BCUT2D eigenvalue weighted by molar-refractivity contribution is 6.14. The maximum absolute atomic E-state index is 9.11. The molecular formula is C34H32. The zero-order valence-corrected chi connectivity index (χ0v) is 19.6. The number of rotatable bonds is 2. The molecule has 0 nitrogen and oxygen atoms in total. The van der Waals surface area contributed by atoms with Crippen LogP contribution in [0.2, 0.25) is 0 Å². The first-order valence-corrected chi connectivity index (χ1v) is 11.4. The predicted octanol–water partition coefficient (Wildman–Crippen LogP) is 9.68. The number of benzene rings is 5. The SMILES string of the molecule is [2H]c1c([2H])c([2H])c(-c2cc3c(cc2-c2c4c([2H])c([2H])c([2H])c([2H])c4c([2H])c4c([2H])c([2H])c([2H])c([2H])c24)C(C)(C)CCC3(C)C)c([2H])c1[2H]. The molecule has 0 unspecified atom stereocenters. The van der Waals surface area contributed by atoms with Crippen molar-refractivity contribution < 1.29 is 19.2 Å². The topological polar surface area (TPSA) is 0 Å². The van der Waals surface area contributed by atoms with Gasteiger partial charge in [-0.3, -0.25) is 0 Å². The van der Waals surface area contributed by atoms with Crippen LogP contribution in [0.5, 0.6) is 0 Å². The minimum atomic E-state index is -0.619. The maximum atomic E-state index is 9.11. The van der Waals surface area contributed by atoms with E-state index in [2.05, 4.69) is 27.7 Å². The summed E-state index contributed by atoms with van der Waals surface area (Å²) >= 11 is 0. The highest BCUT2D eigenvalue weighted by Crippen LogP contribution is 2.50. The molecule has 0 atom stereocenters. The average Bonchev–Trinajstić information content (AvgIpc) is 3.04. The van der Waals surface area contributed by atoms with Crippen LogP contribution >= 0.6 is 0 Å². The fourth-order valence-corrected chi connectivity index (χ4v) is 5.12. The van der Waals surface area contributed by atoms with Crippen molar-refractivity contribution in [1.82, 2.24) is 0 Å². The van der Waals surface area contributed by atoms with E-state index in [1.807, 2.05) is 0 Å². The Balaban J connectivity index is 2.03. The molecule has 0 bridgehead atoms. The molecule has 168 valence electrons. The number of fused-ring (bicyclic) bond motifs is 3. The van der Waals surface area contributed by atoms with Crippen molar-refractivity contribution in [1.29, 1.82) is 0 Å². The molecule has 34 heavy (non-hydrogen) atoms. The summed E-state index contributed by atoms with van der Waals surface area (Å²) in [4.78, 5) is 0. The van der Waals surface area contributed by atoms with Gasteiger partial charge in [0.2, 0.25) is 0 Å². The minimum Gasteiger partial charge on any atom is -0.0622 e. The third kappa shape index (κ3) is 3.28. The van der Waals surface area contributed by atoms with Gasteiger partial charge in [-0.05, 0) is 96.8 Å². The van der Waals surface area contributed by atoms with Gasteiger partial charge in [0.05, 0.1) is 19.2 Å². The van der Waals surface area contributed by atoms with Gasteiger partial charge in [0.15, 0.2) is 0 Å². The van der Waals surface area contributed by atoms with E-state index >= 15 is 0 Å². The summed E-state index contributed by atoms with van der Waals surface area (Å²) in [7, 11) is 0. The van der Waals surface area contributed by atoms with Gasteiger partial charge < -0.3 is 0 Å². The molecule has 0 radical (unpaired) electrons. The molecular weight excluding hydrogens is 408 g/mol. The monoisotopic (exact) mass is 454 g/mol. The first kappa shape index (κ1) is 10.9. The normalized spacial score (nSPS) is 22.2. The molecule has 0 saturated carbocycles. The van der Waals surface area contributed by atoms with Crippen LogP contribution in [-0.2, 0) is 10.8 Å². The highest BCUT2D eigenvalue weighted by atomic mass is 14.4. The van der Waals surface area contributed by atoms with Crippen LogP contribution in [-0.4, -0.2) is 0 Å². The van der Waals surface area contributed by atoms with Crippen LogP contribution in [0.1, 0.15) is 70.9 Å². The summed E-state index contributed by atoms with van der Waals surface area (Å²) in [6, 6.07) is -4.33. The second kappa shape index (κ2) is 7.57. The van der Waals surface area contributed by atoms with Gasteiger partial charge in [0.25, 0.3) is 0 Å². The minimum absolute atomic E-state index is 0.0289. The van der Waals surface area contributed by atoms with Crippen LogP contribution in [0.3, 0.4) is 0 Å². The van der Waals surface area contributed by atoms with Crippen molar-refractivity contribution >= 4 is 21.5 Å².